The Morgan fingerprint density at radius 3 is 2.33 bits per heavy atom. The van der Waals surface area contributed by atoms with Gasteiger partial charge >= 0.3 is 0 Å². The van der Waals surface area contributed by atoms with Crippen LogP contribution in [0.3, 0.4) is 0 Å². The van der Waals surface area contributed by atoms with Gasteiger partial charge in [-0.3, -0.25) is 9.69 Å². The Hall–Kier alpha value is -2.73. The third-order valence-corrected chi connectivity index (χ3v) is 8.62. The van der Waals surface area contributed by atoms with Crippen molar-refractivity contribution >= 4 is 15.9 Å². The number of carbonyl (C=O) groups is 1. The molecule has 7 nitrogen and oxygen atoms in total. The highest BCUT2D eigenvalue weighted by Gasteiger charge is 2.35. The van der Waals surface area contributed by atoms with Crippen LogP contribution in [0.5, 0.6) is 0 Å². The topological polar surface area (TPSA) is 84.7 Å². The van der Waals surface area contributed by atoms with Crippen molar-refractivity contribution in [1.29, 1.82) is 5.26 Å². The van der Waals surface area contributed by atoms with Crippen LogP contribution in [-0.2, 0) is 21.4 Å². The fourth-order valence-corrected chi connectivity index (χ4v) is 5.98. The smallest absolute Gasteiger partial charge is 0.244 e. The minimum absolute atomic E-state index is 0.0274. The monoisotopic (exact) mass is 466 g/mol. The molecular weight excluding hydrogens is 436 g/mol. The molecule has 1 aliphatic heterocycles. The normalized spacial score (nSPS) is 18.2. The molecule has 0 radical (unpaired) electrons. The Labute approximate surface area is 196 Å². The second-order valence-electron chi connectivity index (χ2n) is 8.86. The van der Waals surface area contributed by atoms with Crippen LogP contribution >= 0.6 is 0 Å². The van der Waals surface area contributed by atoms with Gasteiger partial charge in [-0.05, 0) is 43.4 Å². The summed E-state index contributed by atoms with van der Waals surface area (Å²) in [6, 6.07) is 18.7. The molecule has 1 aliphatic carbocycles. The molecular formula is C25H30N4O3S. The zero-order valence-electron chi connectivity index (χ0n) is 18.9. The van der Waals surface area contributed by atoms with Gasteiger partial charge in [0, 0.05) is 38.8 Å². The summed E-state index contributed by atoms with van der Waals surface area (Å²) in [5.74, 6) is 0.677. The molecule has 1 heterocycles. The molecule has 2 aromatic carbocycles. The van der Waals surface area contributed by atoms with Gasteiger partial charge in [0.15, 0.2) is 0 Å². The number of hydrogen-bond donors (Lipinski definition) is 0. The Bertz CT molecular complexity index is 1120. The summed E-state index contributed by atoms with van der Waals surface area (Å²) in [5.41, 5.74) is 1.33. The molecule has 1 amide bonds. The fourth-order valence-electron chi connectivity index (χ4n) is 4.41. The van der Waals surface area contributed by atoms with Crippen molar-refractivity contribution < 1.29 is 13.2 Å². The van der Waals surface area contributed by atoms with Crippen LogP contribution in [0.25, 0.3) is 0 Å². The van der Waals surface area contributed by atoms with E-state index in [1.54, 1.807) is 17.0 Å². The Morgan fingerprint density at radius 2 is 1.70 bits per heavy atom. The van der Waals surface area contributed by atoms with Gasteiger partial charge in [0.05, 0.1) is 17.0 Å². The predicted octanol–water partition coefficient (Wildman–Crippen LogP) is 2.69. The lowest BCUT2D eigenvalue weighted by molar-refractivity contribution is -0.134. The average molecular weight is 467 g/mol. The highest BCUT2D eigenvalue weighted by atomic mass is 32.2. The summed E-state index contributed by atoms with van der Waals surface area (Å²) in [7, 11) is -3.77. The van der Waals surface area contributed by atoms with E-state index in [0.717, 1.165) is 6.54 Å². The average Bonchev–Trinajstić information content (AvgIpc) is 3.69. The lowest BCUT2D eigenvalue weighted by Gasteiger charge is -2.36. The molecule has 174 valence electrons. The molecule has 0 aromatic heterocycles. The van der Waals surface area contributed by atoms with E-state index < -0.39 is 10.0 Å². The molecule has 1 saturated heterocycles. The molecule has 2 fully saturated rings. The highest BCUT2D eigenvalue weighted by molar-refractivity contribution is 7.89. The van der Waals surface area contributed by atoms with Crippen LogP contribution in [0.4, 0.5) is 0 Å². The van der Waals surface area contributed by atoms with E-state index in [0.29, 0.717) is 31.6 Å². The van der Waals surface area contributed by atoms with Crippen LogP contribution in [0.2, 0.25) is 0 Å². The number of benzene rings is 2. The number of amides is 1. The van der Waals surface area contributed by atoms with E-state index in [9.17, 15) is 18.5 Å². The third-order valence-electron chi connectivity index (χ3n) is 6.66. The van der Waals surface area contributed by atoms with E-state index in [1.807, 2.05) is 24.3 Å². The molecule has 2 aliphatic rings. The van der Waals surface area contributed by atoms with E-state index in [4.69, 9.17) is 0 Å². The van der Waals surface area contributed by atoms with E-state index in [1.165, 1.54) is 34.8 Å². The molecule has 33 heavy (non-hydrogen) atoms. The van der Waals surface area contributed by atoms with Crippen molar-refractivity contribution in [2.24, 2.45) is 5.92 Å². The summed E-state index contributed by atoms with van der Waals surface area (Å²) in [5, 5.41) is 9.28. The van der Waals surface area contributed by atoms with Crippen LogP contribution in [0, 0.1) is 17.2 Å². The first-order valence-corrected chi connectivity index (χ1v) is 12.9. The molecule has 2 aromatic rings. The minimum atomic E-state index is -3.77. The van der Waals surface area contributed by atoms with Crippen molar-refractivity contribution in [3.8, 4) is 6.07 Å². The SMILES string of the molecule is CC(C1CC1)N(CC(=O)N1CCN(S(=O)(=O)c2ccccc2C#N)CC1)Cc1ccccc1. The van der Waals surface area contributed by atoms with Crippen LogP contribution in [0.1, 0.15) is 30.9 Å². The first kappa shape index (κ1) is 23.4. The molecule has 0 spiro atoms. The number of hydrogen-bond acceptors (Lipinski definition) is 5. The third kappa shape index (κ3) is 5.44. The largest absolute Gasteiger partial charge is 0.339 e. The number of nitrogens with zero attached hydrogens (tertiary/aromatic N) is 4. The van der Waals surface area contributed by atoms with E-state index in [2.05, 4.69) is 24.0 Å². The van der Waals surface area contributed by atoms with Crippen molar-refractivity contribution in [1.82, 2.24) is 14.1 Å². The molecule has 1 unspecified atom stereocenters. The van der Waals surface area contributed by atoms with Crippen LogP contribution in [0.15, 0.2) is 59.5 Å². The lowest BCUT2D eigenvalue weighted by Crippen LogP contribution is -2.53. The molecule has 0 N–H and O–H groups in total. The number of nitriles is 1. The van der Waals surface area contributed by atoms with E-state index in [-0.39, 0.29) is 29.5 Å². The summed E-state index contributed by atoms with van der Waals surface area (Å²) in [6.45, 7) is 4.41. The van der Waals surface area contributed by atoms with E-state index >= 15 is 0 Å². The maximum Gasteiger partial charge on any atom is 0.244 e. The summed E-state index contributed by atoms with van der Waals surface area (Å²) >= 11 is 0. The van der Waals surface area contributed by atoms with Gasteiger partial charge < -0.3 is 4.90 Å². The fraction of sp³-hybridized carbons (Fsp3) is 0.440. The van der Waals surface area contributed by atoms with Gasteiger partial charge in [-0.1, -0.05) is 42.5 Å². The molecule has 1 atom stereocenters. The molecule has 8 heteroatoms. The Morgan fingerprint density at radius 1 is 1.06 bits per heavy atom. The standard InChI is InChI=1S/C25H30N4O3S/c1-20(22-11-12-22)28(18-21-7-3-2-4-8-21)19-25(30)27-13-15-29(16-14-27)33(31,32)24-10-6-5-9-23(24)17-26/h2-10,20,22H,11-16,18-19H2,1H3. The van der Waals surface area contributed by atoms with Crippen LogP contribution < -0.4 is 0 Å². The van der Waals surface area contributed by atoms with Gasteiger partial charge in [-0.2, -0.15) is 9.57 Å². The molecule has 4 rings (SSSR count). The quantitative estimate of drug-likeness (QED) is 0.597. The number of piperazine rings is 1. The molecule has 0 bridgehead atoms. The number of sulfonamides is 1. The Kier molecular flexibility index (Phi) is 7.13. The molecule has 1 saturated carbocycles. The second kappa shape index (κ2) is 10.0. The highest BCUT2D eigenvalue weighted by Crippen LogP contribution is 2.35. The maximum absolute atomic E-state index is 13.1. The van der Waals surface area contributed by atoms with Gasteiger partial charge in [-0.15, -0.1) is 0 Å². The zero-order valence-corrected chi connectivity index (χ0v) is 19.7. The van der Waals surface area contributed by atoms with Crippen molar-refractivity contribution in [3.05, 3.63) is 65.7 Å². The summed E-state index contributed by atoms with van der Waals surface area (Å²) in [4.78, 5) is 17.2. The first-order valence-electron chi connectivity index (χ1n) is 11.4. The predicted molar refractivity (Wildman–Crippen MR) is 126 cm³/mol. The van der Waals surface area contributed by atoms with Gasteiger partial charge in [0.2, 0.25) is 15.9 Å². The number of carbonyl (C=O) groups excluding carboxylic acids is 1. The van der Waals surface area contributed by atoms with Gasteiger partial charge in [-0.25, -0.2) is 8.42 Å². The lowest BCUT2D eigenvalue weighted by atomic mass is 10.1. The van der Waals surface area contributed by atoms with Crippen molar-refractivity contribution in [2.45, 2.75) is 37.2 Å². The van der Waals surface area contributed by atoms with Crippen molar-refractivity contribution in [3.63, 3.8) is 0 Å². The second-order valence-corrected chi connectivity index (χ2v) is 10.8. The minimum Gasteiger partial charge on any atom is -0.339 e. The Balaban J connectivity index is 1.39. The van der Waals surface area contributed by atoms with Gasteiger partial charge in [0.25, 0.3) is 0 Å². The van der Waals surface area contributed by atoms with Crippen LogP contribution in [-0.4, -0.2) is 67.2 Å². The summed E-state index contributed by atoms with van der Waals surface area (Å²) < 4.78 is 27.5. The summed E-state index contributed by atoms with van der Waals surface area (Å²) in [6.07, 6.45) is 2.42. The number of rotatable bonds is 8. The zero-order chi connectivity index (χ0) is 23.4. The van der Waals surface area contributed by atoms with Gasteiger partial charge in [0.1, 0.15) is 6.07 Å². The maximum atomic E-state index is 13.1. The van der Waals surface area contributed by atoms with Crippen molar-refractivity contribution in [2.75, 3.05) is 32.7 Å². The first-order chi connectivity index (χ1) is 15.9.